The van der Waals surface area contributed by atoms with Crippen molar-refractivity contribution in [3.8, 4) is 6.07 Å². The molecule has 0 spiro atoms. The van der Waals surface area contributed by atoms with E-state index in [2.05, 4.69) is 68.7 Å². The van der Waals surface area contributed by atoms with Gasteiger partial charge in [-0.1, -0.05) is 36.9 Å². The number of aryl methyl sites for hydroxylation is 1. The van der Waals surface area contributed by atoms with Gasteiger partial charge in [-0.25, -0.2) is 0 Å². The maximum absolute atomic E-state index is 9.42. The Kier molecular flexibility index (Phi) is 6.13. The zero-order valence-corrected chi connectivity index (χ0v) is 17.5. The Labute approximate surface area is 173 Å². The summed E-state index contributed by atoms with van der Waals surface area (Å²) in [5.74, 6) is 0. The molecule has 0 radical (unpaired) electrons. The van der Waals surface area contributed by atoms with Crippen molar-refractivity contribution in [1.82, 2.24) is 5.43 Å². The van der Waals surface area contributed by atoms with Gasteiger partial charge in [0.15, 0.2) is 0 Å². The number of benzene rings is 3. The second-order valence-electron chi connectivity index (χ2n) is 6.60. The van der Waals surface area contributed by atoms with Crippen molar-refractivity contribution in [3.63, 3.8) is 0 Å². The van der Waals surface area contributed by atoms with Crippen LogP contribution in [0.3, 0.4) is 0 Å². The molecule has 0 amide bonds. The van der Waals surface area contributed by atoms with E-state index in [4.69, 9.17) is 0 Å². The van der Waals surface area contributed by atoms with Gasteiger partial charge in [0, 0.05) is 21.4 Å². The van der Waals surface area contributed by atoms with E-state index in [1.165, 1.54) is 10.8 Å². The summed E-state index contributed by atoms with van der Waals surface area (Å²) in [6, 6.07) is 18.7. The van der Waals surface area contributed by atoms with Crippen molar-refractivity contribution in [3.05, 3.63) is 87.5 Å². The van der Waals surface area contributed by atoms with Crippen molar-refractivity contribution in [2.75, 3.05) is 11.9 Å². The Hall–Kier alpha value is -3.10. The van der Waals surface area contributed by atoms with Crippen LogP contribution in [0.15, 0.2) is 70.4 Å². The van der Waals surface area contributed by atoms with E-state index in [1.54, 1.807) is 6.21 Å². The molecule has 3 aromatic carbocycles. The van der Waals surface area contributed by atoms with Gasteiger partial charge in [-0.3, -0.25) is 5.43 Å². The van der Waals surface area contributed by atoms with Crippen LogP contribution in [0.4, 0.5) is 5.69 Å². The number of hydrogen-bond donors (Lipinski definition) is 2. The molecular formula is C23H21BrN4. The minimum Gasteiger partial charge on any atom is -0.379 e. The summed E-state index contributed by atoms with van der Waals surface area (Å²) >= 11 is 3.50. The Morgan fingerprint density at radius 1 is 1.18 bits per heavy atom. The van der Waals surface area contributed by atoms with Gasteiger partial charge in [0.2, 0.25) is 0 Å². The van der Waals surface area contributed by atoms with E-state index in [9.17, 15) is 5.26 Å². The monoisotopic (exact) mass is 432 g/mol. The number of nitrogens with one attached hydrogen (secondary N) is 2. The standard InChI is InChI=1S/C23H21BrN4/c1-15-10-20(22(12-25)23(24)17(15)3)14-27-28-16(2)13-26-21-9-8-18-6-4-5-7-19(18)11-21/h4-11,14,26,28H,2,13H2,1,3H3/b27-14+. The highest BCUT2D eigenvalue weighted by Crippen LogP contribution is 2.26. The fourth-order valence-corrected chi connectivity index (χ4v) is 3.49. The SMILES string of the molecule is C=C(CNc1ccc2ccccc2c1)N/N=C/c1cc(C)c(C)c(Br)c1C#N. The van der Waals surface area contributed by atoms with Crippen LogP contribution in [-0.2, 0) is 0 Å². The minimum absolute atomic E-state index is 0.539. The lowest BCUT2D eigenvalue weighted by molar-refractivity contribution is 0.874. The molecule has 0 aliphatic carbocycles. The zero-order chi connectivity index (χ0) is 20.1. The summed E-state index contributed by atoms with van der Waals surface area (Å²) in [6.45, 7) is 8.53. The molecule has 0 aliphatic heterocycles. The molecule has 0 aromatic heterocycles. The molecule has 28 heavy (non-hydrogen) atoms. The molecule has 3 rings (SSSR count). The Bertz CT molecular complexity index is 1110. The molecule has 0 bridgehead atoms. The molecule has 0 fully saturated rings. The van der Waals surface area contributed by atoms with Crippen molar-refractivity contribution in [2.24, 2.45) is 5.10 Å². The van der Waals surface area contributed by atoms with Gasteiger partial charge in [-0.05, 0) is 69.9 Å². The average molecular weight is 433 g/mol. The fraction of sp³-hybridized carbons (Fsp3) is 0.130. The zero-order valence-electron chi connectivity index (χ0n) is 15.9. The van der Waals surface area contributed by atoms with E-state index in [0.717, 1.165) is 32.5 Å². The molecule has 5 heteroatoms. The molecule has 0 heterocycles. The molecule has 0 unspecified atom stereocenters. The van der Waals surface area contributed by atoms with Gasteiger partial charge in [0.05, 0.1) is 18.3 Å². The molecule has 0 saturated carbocycles. The van der Waals surface area contributed by atoms with Crippen LogP contribution < -0.4 is 10.7 Å². The van der Waals surface area contributed by atoms with Crippen molar-refractivity contribution >= 4 is 38.6 Å². The van der Waals surface area contributed by atoms with Crippen LogP contribution >= 0.6 is 15.9 Å². The summed E-state index contributed by atoms with van der Waals surface area (Å²) in [4.78, 5) is 0. The topological polar surface area (TPSA) is 60.2 Å². The number of rotatable bonds is 6. The smallest absolute Gasteiger partial charge is 0.101 e. The highest BCUT2D eigenvalue weighted by atomic mass is 79.9. The lowest BCUT2D eigenvalue weighted by Gasteiger charge is -2.10. The van der Waals surface area contributed by atoms with Crippen molar-refractivity contribution < 1.29 is 0 Å². The van der Waals surface area contributed by atoms with E-state index < -0.39 is 0 Å². The first-order chi connectivity index (χ1) is 13.5. The van der Waals surface area contributed by atoms with Crippen LogP contribution in [-0.4, -0.2) is 12.8 Å². The third-order valence-corrected chi connectivity index (χ3v) is 5.59. The van der Waals surface area contributed by atoms with Crippen LogP contribution in [0.25, 0.3) is 10.8 Å². The Morgan fingerprint density at radius 2 is 1.93 bits per heavy atom. The first-order valence-electron chi connectivity index (χ1n) is 8.89. The second kappa shape index (κ2) is 8.73. The molecule has 0 aliphatic rings. The lowest BCUT2D eigenvalue weighted by atomic mass is 10.0. The molecule has 3 aromatic rings. The Balaban J connectivity index is 1.62. The number of halogens is 1. The number of nitrogens with zero attached hydrogens (tertiary/aromatic N) is 2. The first-order valence-corrected chi connectivity index (χ1v) is 9.68. The molecule has 4 nitrogen and oxygen atoms in total. The van der Waals surface area contributed by atoms with Crippen LogP contribution in [0, 0.1) is 25.2 Å². The quantitative estimate of drug-likeness (QED) is 0.391. The second-order valence-corrected chi connectivity index (χ2v) is 7.39. The molecule has 0 saturated heterocycles. The molecule has 0 atom stereocenters. The third-order valence-electron chi connectivity index (χ3n) is 4.59. The van der Waals surface area contributed by atoms with E-state index in [-0.39, 0.29) is 0 Å². The van der Waals surface area contributed by atoms with Gasteiger partial charge in [0.1, 0.15) is 6.07 Å². The molecule has 140 valence electrons. The summed E-state index contributed by atoms with van der Waals surface area (Å²) in [6.07, 6.45) is 1.65. The number of hydrazone groups is 1. The predicted octanol–water partition coefficient (Wildman–Crippen LogP) is 5.64. The normalized spacial score (nSPS) is 10.8. The maximum Gasteiger partial charge on any atom is 0.101 e. The van der Waals surface area contributed by atoms with Gasteiger partial charge in [0.25, 0.3) is 0 Å². The maximum atomic E-state index is 9.42. The lowest BCUT2D eigenvalue weighted by Crippen LogP contribution is -2.14. The van der Waals surface area contributed by atoms with Crippen LogP contribution in [0.5, 0.6) is 0 Å². The van der Waals surface area contributed by atoms with Crippen molar-refractivity contribution in [1.29, 1.82) is 5.26 Å². The average Bonchev–Trinajstić information content (AvgIpc) is 2.70. The summed E-state index contributed by atoms with van der Waals surface area (Å²) in [7, 11) is 0. The van der Waals surface area contributed by atoms with Gasteiger partial charge in [-0.15, -0.1) is 0 Å². The highest BCUT2D eigenvalue weighted by molar-refractivity contribution is 9.10. The largest absolute Gasteiger partial charge is 0.379 e. The van der Waals surface area contributed by atoms with Crippen LogP contribution in [0.2, 0.25) is 0 Å². The van der Waals surface area contributed by atoms with E-state index >= 15 is 0 Å². The van der Waals surface area contributed by atoms with Crippen molar-refractivity contribution in [2.45, 2.75) is 13.8 Å². The highest BCUT2D eigenvalue weighted by Gasteiger charge is 2.10. The minimum atomic E-state index is 0.539. The fourth-order valence-electron chi connectivity index (χ4n) is 2.86. The molecular weight excluding hydrogens is 412 g/mol. The number of nitriles is 1. The summed E-state index contributed by atoms with van der Waals surface area (Å²) in [5, 5.41) is 19.4. The van der Waals surface area contributed by atoms with Gasteiger partial charge in [-0.2, -0.15) is 10.4 Å². The predicted molar refractivity (Wildman–Crippen MR) is 121 cm³/mol. The van der Waals surface area contributed by atoms with E-state index in [1.807, 2.05) is 38.1 Å². The molecule has 2 N–H and O–H groups in total. The first kappa shape index (κ1) is 19.7. The van der Waals surface area contributed by atoms with Gasteiger partial charge >= 0.3 is 0 Å². The summed E-state index contributed by atoms with van der Waals surface area (Å²) in [5.41, 5.74) is 8.19. The third kappa shape index (κ3) is 4.41. The van der Waals surface area contributed by atoms with E-state index in [0.29, 0.717) is 12.1 Å². The van der Waals surface area contributed by atoms with Gasteiger partial charge < -0.3 is 5.32 Å². The Morgan fingerprint density at radius 3 is 2.68 bits per heavy atom. The summed E-state index contributed by atoms with van der Waals surface area (Å²) < 4.78 is 0.813. The number of anilines is 1. The van der Waals surface area contributed by atoms with Crippen LogP contribution in [0.1, 0.15) is 22.3 Å². The number of hydrogen-bond acceptors (Lipinski definition) is 4. The number of fused-ring (bicyclic) bond motifs is 1.